The van der Waals surface area contributed by atoms with E-state index in [1.54, 1.807) is 6.07 Å². The first kappa shape index (κ1) is 13.7. The first-order valence-electron chi connectivity index (χ1n) is 7.10. The first-order valence-corrected chi connectivity index (χ1v) is 7.10. The number of nitrogens with zero attached hydrogens (tertiary/aromatic N) is 1. The number of fused-ring (bicyclic) bond motifs is 1. The molecule has 1 aliphatic rings. The van der Waals surface area contributed by atoms with Gasteiger partial charge in [0.1, 0.15) is 0 Å². The maximum Gasteiger partial charge on any atom is 0.167 e. The van der Waals surface area contributed by atoms with Crippen molar-refractivity contribution in [3.63, 3.8) is 0 Å². The summed E-state index contributed by atoms with van der Waals surface area (Å²) in [6.07, 6.45) is 2.11. The van der Waals surface area contributed by atoms with Crippen molar-refractivity contribution in [3.8, 4) is 5.75 Å². The van der Waals surface area contributed by atoms with E-state index >= 15 is 0 Å². The van der Waals surface area contributed by atoms with E-state index in [0.29, 0.717) is 5.69 Å². The Hall–Kier alpha value is -2.23. The molecule has 0 bridgehead atoms. The summed E-state index contributed by atoms with van der Waals surface area (Å²) < 4.78 is 18.8. The van der Waals surface area contributed by atoms with Crippen molar-refractivity contribution in [3.05, 3.63) is 47.3 Å². The first-order chi connectivity index (χ1) is 10.1. The lowest BCUT2D eigenvalue weighted by Crippen LogP contribution is -2.25. The number of hydrogen-bond donors (Lipinski definition) is 1. The fraction of sp³-hybridized carbons (Fsp3) is 0.294. The van der Waals surface area contributed by atoms with E-state index in [1.807, 2.05) is 0 Å². The molecule has 2 aromatic rings. The Kier molecular flexibility index (Phi) is 3.45. The van der Waals surface area contributed by atoms with Gasteiger partial charge in [-0.15, -0.1) is 0 Å². The van der Waals surface area contributed by atoms with Gasteiger partial charge in [-0.2, -0.15) is 0 Å². The van der Waals surface area contributed by atoms with Crippen molar-refractivity contribution < 1.29 is 9.13 Å². The van der Waals surface area contributed by atoms with Gasteiger partial charge in [0.15, 0.2) is 11.6 Å². The molecule has 0 saturated heterocycles. The molecule has 0 radical (unpaired) electrons. The molecule has 2 N–H and O–H groups in total. The van der Waals surface area contributed by atoms with E-state index in [4.69, 9.17) is 10.5 Å². The predicted molar refractivity (Wildman–Crippen MR) is 83.9 cm³/mol. The summed E-state index contributed by atoms with van der Waals surface area (Å²) in [5.41, 5.74) is 11.0. The Labute approximate surface area is 124 Å². The Balaban J connectivity index is 2.10. The molecular weight excluding hydrogens is 267 g/mol. The fourth-order valence-electron chi connectivity index (χ4n) is 2.92. The average Bonchev–Trinajstić information content (AvgIpc) is 2.46. The van der Waals surface area contributed by atoms with Gasteiger partial charge < -0.3 is 15.4 Å². The Morgan fingerprint density at radius 3 is 2.76 bits per heavy atom. The number of aryl methyl sites for hydroxylation is 2. The van der Waals surface area contributed by atoms with Gasteiger partial charge in [-0.3, -0.25) is 0 Å². The molecule has 110 valence electrons. The summed E-state index contributed by atoms with van der Waals surface area (Å²) in [6.45, 7) is 2.96. The predicted octanol–water partition coefficient (Wildman–Crippen LogP) is 3.81. The molecule has 0 unspecified atom stereocenters. The Morgan fingerprint density at radius 2 is 2.00 bits per heavy atom. The van der Waals surface area contributed by atoms with E-state index in [9.17, 15) is 4.39 Å². The normalized spacial score (nSPS) is 14.0. The monoisotopic (exact) mass is 286 g/mol. The number of nitrogens with two attached hydrogens (primary N) is 1. The molecule has 1 heterocycles. The largest absolute Gasteiger partial charge is 0.494 e. The summed E-state index contributed by atoms with van der Waals surface area (Å²) >= 11 is 0. The van der Waals surface area contributed by atoms with E-state index in [2.05, 4.69) is 30.0 Å². The van der Waals surface area contributed by atoms with Crippen molar-refractivity contribution in [1.29, 1.82) is 0 Å². The third kappa shape index (κ3) is 2.42. The summed E-state index contributed by atoms with van der Waals surface area (Å²) in [7, 11) is 1.46. The highest BCUT2D eigenvalue weighted by Crippen LogP contribution is 2.39. The molecule has 0 spiro atoms. The lowest BCUT2D eigenvalue weighted by atomic mass is 9.98. The van der Waals surface area contributed by atoms with Gasteiger partial charge in [0, 0.05) is 24.4 Å². The summed E-state index contributed by atoms with van der Waals surface area (Å²) in [4.78, 5) is 2.15. The van der Waals surface area contributed by atoms with Crippen LogP contribution in [0.1, 0.15) is 17.5 Å². The van der Waals surface area contributed by atoms with Crippen LogP contribution < -0.4 is 15.4 Å². The highest BCUT2D eigenvalue weighted by molar-refractivity contribution is 5.78. The molecule has 0 amide bonds. The van der Waals surface area contributed by atoms with E-state index in [1.165, 1.54) is 24.3 Å². The van der Waals surface area contributed by atoms with Gasteiger partial charge >= 0.3 is 0 Å². The van der Waals surface area contributed by atoms with Crippen LogP contribution in [0.25, 0.3) is 0 Å². The summed E-state index contributed by atoms with van der Waals surface area (Å²) in [5.74, 6) is -0.210. The molecule has 2 aromatic carbocycles. The van der Waals surface area contributed by atoms with Crippen LogP contribution in [0.15, 0.2) is 30.3 Å². The van der Waals surface area contributed by atoms with Crippen LogP contribution in [0, 0.1) is 12.7 Å². The number of halogens is 1. The second kappa shape index (κ2) is 5.28. The highest BCUT2D eigenvalue weighted by atomic mass is 19.1. The number of methoxy groups -OCH3 is 1. The van der Waals surface area contributed by atoms with E-state index in [0.717, 1.165) is 30.8 Å². The average molecular weight is 286 g/mol. The van der Waals surface area contributed by atoms with Gasteiger partial charge in [-0.25, -0.2) is 4.39 Å². The van der Waals surface area contributed by atoms with Crippen LogP contribution in [0.5, 0.6) is 5.75 Å². The second-order valence-electron chi connectivity index (χ2n) is 5.43. The molecule has 0 fully saturated rings. The maximum absolute atomic E-state index is 13.7. The van der Waals surface area contributed by atoms with Crippen molar-refractivity contribution >= 4 is 17.1 Å². The highest BCUT2D eigenvalue weighted by Gasteiger charge is 2.21. The Morgan fingerprint density at radius 1 is 1.19 bits per heavy atom. The minimum atomic E-state index is -0.431. The number of ether oxygens (including phenoxy) is 1. The van der Waals surface area contributed by atoms with Gasteiger partial charge in [0.05, 0.1) is 18.5 Å². The molecule has 1 aliphatic heterocycles. The molecule has 3 nitrogen and oxygen atoms in total. The van der Waals surface area contributed by atoms with Crippen LogP contribution in [-0.4, -0.2) is 13.7 Å². The van der Waals surface area contributed by atoms with Gasteiger partial charge in [0.2, 0.25) is 0 Å². The number of rotatable bonds is 2. The van der Waals surface area contributed by atoms with E-state index in [-0.39, 0.29) is 5.75 Å². The molecule has 0 saturated carbocycles. The van der Waals surface area contributed by atoms with Gasteiger partial charge in [0.25, 0.3) is 0 Å². The number of benzene rings is 2. The standard InChI is InChI=1S/C17H19FN2O/c1-11-5-6-15-12(8-11)4-3-7-20(15)16-10-17(21-2)13(18)9-14(16)19/h5-6,8-10H,3-4,7,19H2,1-2H3. The SMILES string of the molecule is COc1cc(N2CCCc3cc(C)ccc32)c(N)cc1F. The minimum absolute atomic E-state index is 0.221. The maximum atomic E-state index is 13.7. The van der Waals surface area contributed by atoms with E-state index < -0.39 is 5.82 Å². The summed E-state index contributed by atoms with van der Waals surface area (Å²) in [6, 6.07) is 9.42. The lowest BCUT2D eigenvalue weighted by molar-refractivity contribution is 0.387. The van der Waals surface area contributed by atoms with Crippen LogP contribution in [-0.2, 0) is 6.42 Å². The van der Waals surface area contributed by atoms with Crippen molar-refractivity contribution in [2.24, 2.45) is 0 Å². The molecule has 0 aliphatic carbocycles. The molecule has 0 aromatic heterocycles. The Bertz CT molecular complexity index is 685. The third-order valence-corrected chi connectivity index (χ3v) is 3.95. The number of hydrogen-bond acceptors (Lipinski definition) is 3. The van der Waals surface area contributed by atoms with Crippen LogP contribution >= 0.6 is 0 Å². The van der Waals surface area contributed by atoms with Gasteiger partial charge in [-0.1, -0.05) is 17.7 Å². The number of anilines is 3. The minimum Gasteiger partial charge on any atom is -0.494 e. The zero-order valence-electron chi connectivity index (χ0n) is 12.3. The van der Waals surface area contributed by atoms with Crippen molar-refractivity contribution in [2.75, 3.05) is 24.3 Å². The lowest BCUT2D eigenvalue weighted by Gasteiger charge is -2.32. The zero-order valence-corrected chi connectivity index (χ0v) is 12.3. The molecular formula is C17H19FN2O. The third-order valence-electron chi connectivity index (χ3n) is 3.95. The topological polar surface area (TPSA) is 38.5 Å². The quantitative estimate of drug-likeness (QED) is 0.853. The number of nitrogen functional groups attached to an aromatic ring is 1. The zero-order chi connectivity index (χ0) is 15.0. The molecule has 3 rings (SSSR count). The van der Waals surface area contributed by atoms with Crippen molar-refractivity contribution in [2.45, 2.75) is 19.8 Å². The fourth-order valence-corrected chi connectivity index (χ4v) is 2.92. The van der Waals surface area contributed by atoms with Gasteiger partial charge in [-0.05, 0) is 31.4 Å². The van der Waals surface area contributed by atoms with Crippen LogP contribution in [0.4, 0.5) is 21.5 Å². The molecule has 21 heavy (non-hydrogen) atoms. The second-order valence-corrected chi connectivity index (χ2v) is 5.43. The smallest absolute Gasteiger partial charge is 0.167 e. The molecule has 0 atom stereocenters. The van der Waals surface area contributed by atoms with Crippen molar-refractivity contribution in [1.82, 2.24) is 0 Å². The summed E-state index contributed by atoms with van der Waals surface area (Å²) in [5, 5.41) is 0. The molecule has 4 heteroatoms. The van der Waals surface area contributed by atoms with Crippen LogP contribution in [0.2, 0.25) is 0 Å². The van der Waals surface area contributed by atoms with Crippen LogP contribution in [0.3, 0.4) is 0 Å².